The lowest BCUT2D eigenvalue weighted by atomic mass is 9.95. The molecule has 0 aromatic carbocycles. The summed E-state index contributed by atoms with van der Waals surface area (Å²) >= 11 is 0. The number of amidine groups is 1. The summed E-state index contributed by atoms with van der Waals surface area (Å²) in [6.45, 7) is 0. The van der Waals surface area contributed by atoms with Crippen LogP contribution in [0, 0.1) is 0 Å². The van der Waals surface area contributed by atoms with Crippen molar-refractivity contribution in [1.29, 1.82) is 0 Å². The zero-order valence-corrected chi connectivity index (χ0v) is 8.63. The van der Waals surface area contributed by atoms with Gasteiger partial charge >= 0.3 is 0 Å². The Labute approximate surface area is 88.6 Å². The average molecular weight is 208 g/mol. The van der Waals surface area contributed by atoms with Crippen molar-refractivity contribution >= 4 is 5.84 Å². The van der Waals surface area contributed by atoms with Crippen molar-refractivity contribution in [3.05, 3.63) is 18.0 Å². The van der Waals surface area contributed by atoms with Gasteiger partial charge in [0.25, 0.3) is 0 Å². The zero-order chi connectivity index (χ0) is 10.7. The third-order valence-corrected chi connectivity index (χ3v) is 2.96. The third-order valence-electron chi connectivity index (χ3n) is 2.96. The van der Waals surface area contributed by atoms with Gasteiger partial charge in [-0.25, -0.2) is 0 Å². The second-order valence-electron chi connectivity index (χ2n) is 3.94. The van der Waals surface area contributed by atoms with Crippen molar-refractivity contribution in [2.75, 3.05) is 0 Å². The Balaban J connectivity index is 2.23. The van der Waals surface area contributed by atoms with Crippen molar-refractivity contribution in [2.45, 2.75) is 38.1 Å². The second kappa shape index (κ2) is 4.33. The summed E-state index contributed by atoms with van der Waals surface area (Å²) < 4.78 is 1.88. The van der Waals surface area contributed by atoms with Crippen LogP contribution < -0.4 is 5.73 Å². The van der Waals surface area contributed by atoms with Crippen molar-refractivity contribution in [2.24, 2.45) is 10.9 Å². The molecule has 5 heteroatoms. The molecule has 0 atom stereocenters. The molecule has 0 bridgehead atoms. The number of oxime groups is 1. The molecule has 0 spiro atoms. The highest BCUT2D eigenvalue weighted by molar-refractivity contribution is 5.95. The van der Waals surface area contributed by atoms with Gasteiger partial charge in [0.05, 0.1) is 6.04 Å². The van der Waals surface area contributed by atoms with E-state index in [0.717, 1.165) is 12.8 Å². The van der Waals surface area contributed by atoms with Gasteiger partial charge in [0.1, 0.15) is 5.69 Å². The van der Waals surface area contributed by atoms with Gasteiger partial charge in [0, 0.05) is 6.20 Å². The molecule has 0 aliphatic heterocycles. The number of hydrogen-bond acceptors (Lipinski definition) is 3. The first kappa shape index (κ1) is 10.0. The fourth-order valence-electron chi connectivity index (χ4n) is 2.18. The molecule has 5 nitrogen and oxygen atoms in total. The third kappa shape index (κ3) is 1.95. The molecular formula is C10H16N4O. The van der Waals surface area contributed by atoms with E-state index in [9.17, 15) is 0 Å². The van der Waals surface area contributed by atoms with Gasteiger partial charge in [-0.2, -0.15) is 5.10 Å². The second-order valence-corrected chi connectivity index (χ2v) is 3.94. The van der Waals surface area contributed by atoms with E-state index in [1.807, 2.05) is 4.68 Å². The van der Waals surface area contributed by atoms with Gasteiger partial charge in [0.2, 0.25) is 0 Å². The van der Waals surface area contributed by atoms with Crippen LogP contribution in [0.1, 0.15) is 43.8 Å². The smallest absolute Gasteiger partial charge is 0.188 e. The minimum Gasteiger partial charge on any atom is -0.409 e. The average Bonchev–Trinajstić information content (AvgIpc) is 2.78. The minimum atomic E-state index is 0.137. The Kier molecular flexibility index (Phi) is 2.89. The van der Waals surface area contributed by atoms with Gasteiger partial charge in [-0.3, -0.25) is 4.68 Å². The molecule has 1 heterocycles. The molecule has 15 heavy (non-hydrogen) atoms. The highest BCUT2D eigenvalue weighted by Gasteiger charge is 2.19. The quantitative estimate of drug-likeness (QED) is 0.334. The molecule has 0 radical (unpaired) electrons. The monoisotopic (exact) mass is 208 g/mol. The Bertz CT molecular complexity index is 352. The highest BCUT2D eigenvalue weighted by Crippen LogP contribution is 2.28. The van der Waals surface area contributed by atoms with E-state index in [2.05, 4.69) is 10.3 Å². The maximum Gasteiger partial charge on any atom is 0.188 e. The Morgan fingerprint density at radius 3 is 2.87 bits per heavy atom. The first-order valence-corrected chi connectivity index (χ1v) is 5.34. The molecule has 1 aromatic heterocycles. The summed E-state index contributed by atoms with van der Waals surface area (Å²) in [5.41, 5.74) is 6.30. The fourth-order valence-corrected chi connectivity index (χ4v) is 2.18. The fraction of sp³-hybridized carbons (Fsp3) is 0.600. The van der Waals surface area contributed by atoms with Crippen LogP contribution in [0.3, 0.4) is 0 Å². The van der Waals surface area contributed by atoms with Gasteiger partial charge in [0.15, 0.2) is 5.84 Å². The highest BCUT2D eigenvalue weighted by atomic mass is 16.4. The molecule has 1 fully saturated rings. The van der Waals surface area contributed by atoms with Gasteiger partial charge in [-0.05, 0) is 18.9 Å². The topological polar surface area (TPSA) is 76.4 Å². The minimum absolute atomic E-state index is 0.137. The summed E-state index contributed by atoms with van der Waals surface area (Å²) in [6, 6.07) is 2.19. The molecule has 1 aromatic rings. The van der Waals surface area contributed by atoms with E-state index in [4.69, 9.17) is 10.9 Å². The number of rotatable bonds is 2. The molecule has 0 amide bonds. The van der Waals surface area contributed by atoms with Crippen LogP contribution in [0.25, 0.3) is 0 Å². The predicted molar refractivity (Wildman–Crippen MR) is 56.9 cm³/mol. The van der Waals surface area contributed by atoms with Crippen molar-refractivity contribution in [3.8, 4) is 0 Å². The van der Waals surface area contributed by atoms with Crippen LogP contribution in [-0.4, -0.2) is 20.8 Å². The predicted octanol–water partition coefficient (Wildman–Crippen LogP) is 1.48. The van der Waals surface area contributed by atoms with Gasteiger partial charge in [-0.1, -0.05) is 24.4 Å². The Morgan fingerprint density at radius 1 is 1.47 bits per heavy atom. The molecule has 2 rings (SSSR count). The molecular weight excluding hydrogens is 192 g/mol. The maximum atomic E-state index is 8.65. The van der Waals surface area contributed by atoms with E-state index in [-0.39, 0.29) is 5.84 Å². The first-order valence-electron chi connectivity index (χ1n) is 5.34. The maximum absolute atomic E-state index is 8.65. The molecule has 1 aliphatic rings. The summed E-state index contributed by atoms with van der Waals surface area (Å²) in [5, 5.41) is 15.9. The molecule has 82 valence electrons. The molecule has 3 N–H and O–H groups in total. The lowest BCUT2D eigenvalue weighted by molar-refractivity contribution is 0.313. The van der Waals surface area contributed by atoms with E-state index >= 15 is 0 Å². The number of nitrogens with zero attached hydrogens (tertiary/aromatic N) is 3. The van der Waals surface area contributed by atoms with E-state index in [1.165, 1.54) is 19.3 Å². The van der Waals surface area contributed by atoms with Crippen LogP contribution in [-0.2, 0) is 0 Å². The SMILES string of the molecule is N/C(=N/O)c1ccnn1C1CCCCC1. The Morgan fingerprint density at radius 2 is 2.20 bits per heavy atom. The van der Waals surface area contributed by atoms with Crippen LogP contribution >= 0.6 is 0 Å². The lowest BCUT2D eigenvalue weighted by Gasteiger charge is -2.23. The molecule has 0 saturated heterocycles. The number of nitrogens with two attached hydrogens (primary N) is 1. The van der Waals surface area contributed by atoms with Gasteiger partial charge in [-0.15, -0.1) is 0 Å². The van der Waals surface area contributed by atoms with E-state index in [1.54, 1.807) is 12.3 Å². The lowest BCUT2D eigenvalue weighted by Crippen LogP contribution is -2.23. The number of hydrogen-bond donors (Lipinski definition) is 2. The van der Waals surface area contributed by atoms with Crippen LogP contribution in [0.5, 0.6) is 0 Å². The molecule has 1 saturated carbocycles. The van der Waals surface area contributed by atoms with Crippen molar-refractivity contribution in [3.63, 3.8) is 0 Å². The molecule has 1 aliphatic carbocycles. The van der Waals surface area contributed by atoms with Crippen molar-refractivity contribution in [1.82, 2.24) is 9.78 Å². The van der Waals surface area contributed by atoms with Crippen LogP contribution in [0.2, 0.25) is 0 Å². The first-order chi connectivity index (χ1) is 7.33. The Hall–Kier alpha value is -1.52. The van der Waals surface area contributed by atoms with E-state index < -0.39 is 0 Å². The number of aromatic nitrogens is 2. The van der Waals surface area contributed by atoms with E-state index in [0.29, 0.717) is 11.7 Å². The van der Waals surface area contributed by atoms with Gasteiger partial charge < -0.3 is 10.9 Å². The van der Waals surface area contributed by atoms with Crippen molar-refractivity contribution < 1.29 is 5.21 Å². The zero-order valence-electron chi connectivity index (χ0n) is 8.63. The summed E-state index contributed by atoms with van der Waals surface area (Å²) in [4.78, 5) is 0. The standard InChI is InChI=1S/C10H16N4O/c11-10(13-15)9-6-7-12-14(9)8-4-2-1-3-5-8/h6-8,15H,1-5H2,(H2,11,13). The summed E-state index contributed by atoms with van der Waals surface area (Å²) in [5.74, 6) is 0.137. The largest absolute Gasteiger partial charge is 0.409 e. The normalized spacial score (nSPS) is 19.3. The summed E-state index contributed by atoms with van der Waals surface area (Å²) in [7, 11) is 0. The molecule has 0 unspecified atom stereocenters. The van der Waals surface area contributed by atoms with Crippen LogP contribution in [0.4, 0.5) is 0 Å². The van der Waals surface area contributed by atoms with Crippen LogP contribution in [0.15, 0.2) is 17.4 Å². The summed E-state index contributed by atoms with van der Waals surface area (Å²) in [6.07, 6.45) is 7.74.